The van der Waals surface area contributed by atoms with Crippen molar-refractivity contribution in [3.63, 3.8) is 0 Å². The van der Waals surface area contributed by atoms with Gasteiger partial charge in [0, 0.05) is 13.2 Å². The van der Waals surface area contributed by atoms with E-state index in [9.17, 15) is 13.2 Å². The zero-order valence-corrected chi connectivity index (χ0v) is 17.1. The van der Waals surface area contributed by atoms with Crippen LogP contribution in [0.4, 0.5) is 0 Å². The highest BCUT2D eigenvalue weighted by Gasteiger charge is 2.52. The number of rotatable bonds is 8. The number of nitrogens with one attached hydrogen (secondary N) is 1. The summed E-state index contributed by atoms with van der Waals surface area (Å²) in [6, 6.07) is 5.13. The second-order valence-electron chi connectivity index (χ2n) is 7.48. The minimum absolute atomic E-state index is 0.150. The van der Waals surface area contributed by atoms with Crippen LogP contribution in [-0.4, -0.2) is 38.3 Å². The average molecular weight is 382 g/mol. The van der Waals surface area contributed by atoms with E-state index in [-0.39, 0.29) is 16.9 Å². The molecule has 1 amide bonds. The molecule has 1 aromatic rings. The Morgan fingerprint density at radius 3 is 2.42 bits per heavy atom. The van der Waals surface area contributed by atoms with Crippen LogP contribution in [0, 0.1) is 13.8 Å². The van der Waals surface area contributed by atoms with Crippen LogP contribution in [-0.2, 0) is 19.4 Å². The summed E-state index contributed by atoms with van der Waals surface area (Å²) in [5.41, 5.74) is 1.96. The highest BCUT2D eigenvalue weighted by atomic mass is 32.2. The summed E-state index contributed by atoms with van der Waals surface area (Å²) in [5, 5.41) is 2.84. The monoisotopic (exact) mass is 381 g/mol. The lowest BCUT2D eigenvalue weighted by molar-refractivity contribution is -0.123. The van der Waals surface area contributed by atoms with E-state index in [1.54, 1.807) is 12.1 Å². The maximum absolute atomic E-state index is 13.4. The topological polar surface area (TPSA) is 72.5 Å². The number of amides is 1. The van der Waals surface area contributed by atoms with E-state index in [1.165, 1.54) is 0 Å². The van der Waals surface area contributed by atoms with E-state index < -0.39 is 14.6 Å². The minimum atomic E-state index is -3.74. The van der Waals surface area contributed by atoms with Crippen molar-refractivity contribution in [3.05, 3.63) is 29.3 Å². The van der Waals surface area contributed by atoms with E-state index in [2.05, 4.69) is 5.32 Å². The first-order valence-electron chi connectivity index (χ1n) is 9.42. The van der Waals surface area contributed by atoms with Gasteiger partial charge in [-0.05, 0) is 70.2 Å². The minimum Gasteiger partial charge on any atom is -0.379 e. The number of carbonyl (C=O) groups excluding carboxylic acids is 1. The molecule has 0 heterocycles. The smallest absolute Gasteiger partial charge is 0.241 e. The molecule has 26 heavy (non-hydrogen) atoms. The fourth-order valence-electron chi connectivity index (χ4n) is 3.42. The maximum Gasteiger partial charge on any atom is 0.241 e. The highest BCUT2D eigenvalue weighted by molar-refractivity contribution is 7.93. The van der Waals surface area contributed by atoms with Crippen molar-refractivity contribution in [1.29, 1.82) is 0 Å². The SMILES string of the molecule is Cc1ccc(S(=O)(=O)C2(C(=O)NCCCOC(C)C)CCCC2)cc1C. The second-order valence-corrected chi connectivity index (χ2v) is 9.74. The molecule has 5 nitrogen and oxygen atoms in total. The van der Waals surface area contributed by atoms with Gasteiger partial charge in [0.25, 0.3) is 0 Å². The first-order valence-corrected chi connectivity index (χ1v) is 10.9. The van der Waals surface area contributed by atoms with E-state index in [0.29, 0.717) is 32.4 Å². The molecule has 1 aromatic carbocycles. The molecular weight excluding hydrogens is 350 g/mol. The lowest BCUT2D eigenvalue weighted by atomic mass is 10.1. The Morgan fingerprint density at radius 1 is 1.19 bits per heavy atom. The molecule has 0 saturated heterocycles. The molecule has 0 atom stereocenters. The Kier molecular flexibility index (Phi) is 6.86. The normalized spacial score (nSPS) is 16.8. The largest absolute Gasteiger partial charge is 0.379 e. The van der Waals surface area contributed by atoms with Crippen LogP contribution < -0.4 is 5.32 Å². The number of carbonyl (C=O) groups is 1. The molecule has 6 heteroatoms. The van der Waals surface area contributed by atoms with Crippen LogP contribution in [0.25, 0.3) is 0 Å². The third-order valence-corrected chi connectivity index (χ3v) is 7.68. The summed E-state index contributed by atoms with van der Waals surface area (Å²) in [6.07, 6.45) is 3.11. The Labute approximate surface area is 157 Å². The zero-order valence-electron chi connectivity index (χ0n) is 16.3. The van der Waals surface area contributed by atoms with Gasteiger partial charge in [0.05, 0.1) is 11.0 Å². The quantitative estimate of drug-likeness (QED) is 0.701. The Hall–Kier alpha value is -1.40. The Balaban J connectivity index is 2.17. The molecule has 0 radical (unpaired) electrons. The van der Waals surface area contributed by atoms with Crippen molar-refractivity contribution in [2.45, 2.75) is 75.5 Å². The zero-order chi connectivity index (χ0) is 19.4. The molecule has 1 fully saturated rings. The molecule has 1 N–H and O–H groups in total. The van der Waals surface area contributed by atoms with Crippen molar-refractivity contribution in [3.8, 4) is 0 Å². The Bertz CT molecular complexity index is 734. The summed E-state index contributed by atoms with van der Waals surface area (Å²) in [6.45, 7) is 8.74. The van der Waals surface area contributed by atoms with Crippen LogP contribution in [0.3, 0.4) is 0 Å². The number of hydrogen-bond donors (Lipinski definition) is 1. The molecule has 1 aliphatic rings. The van der Waals surface area contributed by atoms with E-state index in [1.807, 2.05) is 33.8 Å². The van der Waals surface area contributed by atoms with Gasteiger partial charge in [0.2, 0.25) is 5.91 Å². The molecule has 2 rings (SSSR count). The van der Waals surface area contributed by atoms with Crippen LogP contribution >= 0.6 is 0 Å². The van der Waals surface area contributed by atoms with E-state index in [4.69, 9.17) is 4.74 Å². The van der Waals surface area contributed by atoms with Crippen molar-refractivity contribution in [1.82, 2.24) is 5.32 Å². The van der Waals surface area contributed by atoms with Gasteiger partial charge < -0.3 is 10.1 Å². The molecule has 0 aliphatic heterocycles. The van der Waals surface area contributed by atoms with Gasteiger partial charge in [-0.15, -0.1) is 0 Å². The fraction of sp³-hybridized carbons (Fsp3) is 0.650. The van der Waals surface area contributed by atoms with Crippen LogP contribution in [0.2, 0.25) is 0 Å². The first kappa shape index (κ1) is 20.9. The molecule has 1 aliphatic carbocycles. The van der Waals surface area contributed by atoms with Gasteiger partial charge in [-0.3, -0.25) is 4.79 Å². The van der Waals surface area contributed by atoms with Gasteiger partial charge in [-0.25, -0.2) is 8.42 Å². The van der Waals surface area contributed by atoms with Crippen molar-refractivity contribution in [2.75, 3.05) is 13.2 Å². The summed E-state index contributed by atoms with van der Waals surface area (Å²) < 4.78 is 30.8. The predicted octanol–water partition coefficient (Wildman–Crippen LogP) is 3.32. The van der Waals surface area contributed by atoms with Gasteiger partial charge in [0.1, 0.15) is 0 Å². The van der Waals surface area contributed by atoms with Gasteiger partial charge in [-0.2, -0.15) is 0 Å². The van der Waals surface area contributed by atoms with Gasteiger partial charge in [-0.1, -0.05) is 18.9 Å². The number of hydrogen-bond acceptors (Lipinski definition) is 4. The number of aryl methyl sites for hydroxylation is 2. The summed E-state index contributed by atoms with van der Waals surface area (Å²) in [4.78, 5) is 13.2. The predicted molar refractivity (Wildman–Crippen MR) is 103 cm³/mol. The molecular formula is C20H31NO4S. The van der Waals surface area contributed by atoms with E-state index in [0.717, 1.165) is 24.0 Å². The lowest BCUT2D eigenvalue weighted by Gasteiger charge is -2.28. The van der Waals surface area contributed by atoms with Crippen LogP contribution in [0.15, 0.2) is 23.1 Å². The highest BCUT2D eigenvalue weighted by Crippen LogP contribution is 2.41. The van der Waals surface area contributed by atoms with Crippen molar-refractivity contribution >= 4 is 15.7 Å². The summed E-state index contributed by atoms with van der Waals surface area (Å²) in [5.74, 6) is -0.363. The molecule has 0 unspecified atom stereocenters. The molecule has 146 valence electrons. The van der Waals surface area contributed by atoms with E-state index >= 15 is 0 Å². The molecule has 0 spiro atoms. The molecule has 1 saturated carbocycles. The number of benzene rings is 1. The second kappa shape index (κ2) is 8.53. The summed E-state index contributed by atoms with van der Waals surface area (Å²) in [7, 11) is -3.74. The first-order chi connectivity index (χ1) is 12.2. The summed E-state index contributed by atoms with van der Waals surface area (Å²) >= 11 is 0. The van der Waals surface area contributed by atoms with Gasteiger partial charge in [0.15, 0.2) is 14.6 Å². The average Bonchev–Trinajstić information content (AvgIpc) is 3.08. The third-order valence-electron chi connectivity index (χ3n) is 5.19. The maximum atomic E-state index is 13.4. The lowest BCUT2D eigenvalue weighted by Crippen LogP contribution is -2.51. The molecule has 0 aromatic heterocycles. The molecule has 0 bridgehead atoms. The van der Waals surface area contributed by atoms with Gasteiger partial charge >= 0.3 is 0 Å². The van der Waals surface area contributed by atoms with Crippen molar-refractivity contribution in [2.24, 2.45) is 0 Å². The van der Waals surface area contributed by atoms with Crippen LogP contribution in [0.1, 0.15) is 57.1 Å². The standard InChI is InChI=1S/C20H31NO4S/c1-15(2)25-13-7-12-21-19(22)20(10-5-6-11-20)26(23,24)18-9-8-16(3)17(4)14-18/h8-9,14-15H,5-7,10-13H2,1-4H3,(H,21,22). The number of sulfone groups is 1. The van der Waals surface area contributed by atoms with Crippen molar-refractivity contribution < 1.29 is 17.9 Å². The van der Waals surface area contributed by atoms with Crippen LogP contribution in [0.5, 0.6) is 0 Å². The third kappa shape index (κ3) is 4.29. The number of ether oxygens (including phenoxy) is 1. The fourth-order valence-corrected chi connectivity index (χ4v) is 5.60. The Morgan fingerprint density at radius 2 is 1.85 bits per heavy atom.